The molecule has 4 aromatic rings. The van der Waals surface area contributed by atoms with Crippen molar-refractivity contribution >= 4 is 60.1 Å². The largest absolute Gasteiger partial charge is 0.494 e. The van der Waals surface area contributed by atoms with E-state index in [0.717, 1.165) is 0 Å². The number of ether oxygens (including phenoxy) is 1. The Hall–Kier alpha value is -4.82. The van der Waals surface area contributed by atoms with Gasteiger partial charge >= 0.3 is 0 Å². The number of aliphatic imine (C=N–C) groups is 2. The average molecular weight is 619 g/mol. The van der Waals surface area contributed by atoms with Gasteiger partial charge in [0.1, 0.15) is 21.2 Å². The van der Waals surface area contributed by atoms with Gasteiger partial charge in [-0.2, -0.15) is 16.8 Å². The molecule has 0 radical (unpaired) electrons. The first-order valence-corrected chi connectivity index (χ1v) is 15.6. The number of hydrogen-bond acceptors (Lipinski definition) is 9. The topological polar surface area (TPSA) is 181 Å². The van der Waals surface area contributed by atoms with Crippen molar-refractivity contribution in [2.75, 3.05) is 18.2 Å². The molecule has 0 saturated carbocycles. The van der Waals surface area contributed by atoms with Gasteiger partial charge in [-0.1, -0.05) is 48.5 Å². The minimum absolute atomic E-state index is 0.00409. The number of methoxy groups -OCH3 is 1. The highest BCUT2D eigenvalue weighted by Crippen LogP contribution is 2.41. The second-order valence-corrected chi connectivity index (χ2v) is 12.2. The van der Waals surface area contributed by atoms with Gasteiger partial charge in [0, 0.05) is 28.4 Å². The monoisotopic (exact) mass is 618 g/mol. The van der Waals surface area contributed by atoms with Crippen LogP contribution in [0, 0.1) is 6.92 Å². The number of allylic oxidation sites excluding steroid dienone is 1. The van der Waals surface area contributed by atoms with Crippen LogP contribution in [0.5, 0.6) is 5.75 Å². The normalized spacial score (nSPS) is 15.2. The quantitative estimate of drug-likeness (QED) is 0.155. The Bertz CT molecular complexity index is 2040. The van der Waals surface area contributed by atoms with E-state index in [9.17, 15) is 25.9 Å². The Balaban J connectivity index is 1.89. The Morgan fingerprint density at radius 2 is 1.49 bits per heavy atom. The van der Waals surface area contributed by atoms with E-state index in [4.69, 9.17) is 20.5 Å². The van der Waals surface area contributed by atoms with Crippen molar-refractivity contribution in [2.45, 2.75) is 16.7 Å². The van der Waals surface area contributed by atoms with Gasteiger partial charge in [0.2, 0.25) is 0 Å². The van der Waals surface area contributed by atoms with E-state index < -0.39 is 25.1 Å². The lowest BCUT2D eigenvalue weighted by molar-refractivity contribution is 0.415. The molecule has 0 fully saturated rings. The molecule has 43 heavy (non-hydrogen) atoms. The molecular formula is C30H26N4O7S2. The van der Waals surface area contributed by atoms with Crippen molar-refractivity contribution in [3.63, 3.8) is 0 Å². The number of benzene rings is 4. The summed E-state index contributed by atoms with van der Waals surface area (Å²) in [5, 5.41) is 3.22. The summed E-state index contributed by atoms with van der Waals surface area (Å²) < 4.78 is 75.3. The first-order chi connectivity index (χ1) is 20.4. The molecule has 0 saturated heterocycles. The number of nitrogens with one attached hydrogen (secondary N) is 1. The molecule has 0 spiro atoms. The number of fused-ring (bicyclic) bond motifs is 1. The molecule has 4 aromatic carbocycles. The molecule has 13 heteroatoms. The molecule has 0 amide bonds. The van der Waals surface area contributed by atoms with Gasteiger partial charge in [0.15, 0.2) is 0 Å². The summed E-state index contributed by atoms with van der Waals surface area (Å²) in [4.78, 5) is 8.62. The van der Waals surface area contributed by atoms with Crippen molar-refractivity contribution in [1.82, 2.24) is 0 Å². The van der Waals surface area contributed by atoms with Crippen LogP contribution in [0.2, 0.25) is 0 Å². The molecule has 220 valence electrons. The van der Waals surface area contributed by atoms with Crippen LogP contribution in [0.4, 0.5) is 22.7 Å². The van der Waals surface area contributed by atoms with Crippen molar-refractivity contribution in [2.24, 2.45) is 9.98 Å². The zero-order valence-corrected chi connectivity index (χ0v) is 24.5. The third kappa shape index (κ3) is 6.05. The SMILES string of the molecule is COc1cc(N)c(S(=O)(=O)O)c(C)c1/N=C1\C(=N\c2ccccc2)C=C(Nc2ccccc2)c2c1cccc2S(=O)(=O)O. The fourth-order valence-corrected chi connectivity index (χ4v) is 6.36. The summed E-state index contributed by atoms with van der Waals surface area (Å²) in [5.41, 5.74) is 7.99. The van der Waals surface area contributed by atoms with E-state index in [-0.39, 0.29) is 50.1 Å². The third-order valence-corrected chi connectivity index (χ3v) is 8.54. The highest BCUT2D eigenvalue weighted by molar-refractivity contribution is 7.86. The molecule has 0 atom stereocenters. The van der Waals surface area contributed by atoms with Crippen molar-refractivity contribution in [3.8, 4) is 5.75 Å². The fraction of sp³-hybridized carbons (Fsp3) is 0.0667. The molecule has 0 aliphatic heterocycles. The standard InChI is InChI=1S/C30H26N4O7S2/c1-18-28(25(41-2)16-22(31)30(18)43(38,39)40)34-29-21-14-9-15-26(42(35,36)37)27(21)23(32-19-10-5-3-6-11-19)17-24(29)33-20-12-7-4-8-13-20/h3-17,32H,31H2,1-2H3,(H,35,36,37)(H,38,39,40)/b33-24+,34-29-. The predicted octanol–water partition coefficient (Wildman–Crippen LogP) is 5.44. The number of hydrogen-bond donors (Lipinski definition) is 4. The first kappa shape index (κ1) is 29.7. The number of para-hydroxylation sites is 2. The summed E-state index contributed by atoms with van der Waals surface area (Å²) in [6.45, 7) is 1.41. The molecule has 0 heterocycles. The van der Waals surface area contributed by atoms with Gasteiger partial charge in [0.05, 0.1) is 35.6 Å². The Morgan fingerprint density at radius 3 is 2.09 bits per heavy atom. The number of nitrogen functional groups attached to an aromatic ring is 1. The summed E-state index contributed by atoms with van der Waals surface area (Å²) in [5.74, 6) is 0.0960. The fourth-order valence-electron chi connectivity index (χ4n) is 4.79. The molecule has 5 rings (SSSR count). The Labute approximate surface area is 248 Å². The van der Waals surface area contributed by atoms with Gasteiger partial charge in [0.25, 0.3) is 20.2 Å². The van der Waals surface area contributed by atoms with E-state index >= 15 is 0 Å². The molecule has 1 aliphatic rings. The Morgan fingerprint density at radius 1 is 0.837 bits per heavy atom. The van der Waals surface area contributed by atoms with E-state index in [0.29, 0.717) is 17.1 Å². The summed E-state index contributed by atoms with van der Waals surface area (Å²) >= 11 is 0. The molecule has 1 aliphatic carbocycles. The van der Waals surface area contributed by atoms with E-state index in [1.165, 1.54) is 32.2 Å². The maximum Gasteiger partial charge on any atom is 0.296 e. The second kappa shape index (κ2) is 11.5. The highest BCUT2D eigenvalue weighted by Gasteiger charge is 2.31. The highest BCUT2D eigenvalue weighted by atomic mass is 32.2. The van der Waals surface area contributed by atoms with Crippen LogP contribution in [0.25, 0.3) is 5.70 Å². The van der Waals surface area contributed by atoms with Crippen molar-refractivity contribution in [1.29, 1.82) is 0 Å². The van der Waals surface area contributed by atoms with E-state index in [2.05, 4.69) is 5.32 Å². The van der Waals surface area contributed by atoms with Crippen LogP contribution < -0.4 is 15.8 Å². The van der Waals surface area contributed by atoms with Crippen LogP contribution in [-0.4, -0.2) is 44.5 Å². The minimum atomic E-state index is -4.76. The lowest BCUT2D eigenvalue weighted by Gasteiger charge is -2.24. The maximum atomic E-state index is 12.6. The van der Waals surface area contributed by atoms with Gasteiger partial charge in [-0.05, 0) is 43.3 Å². The summed E-state index contributed by atoms with van der Waals surface area (Å²) in [6, 6.07) is 23.5. The zero-order valence-electron chi connectivity index (χ0n) is 22.9. The van der Waals surface area contributed by atoms with Crippen molar-refractivity contribution < 1.29 is 30.7 Å². The van der Waals surface area contributed by atoms with Gasteiger partial charge in [-0.25, -0.2) is 9.98 Å². The van der Waals surface area contributed by atoms with Gasteiger partial charge in [-0.15, -0.1) is 0 Å². The molecule has 5 N–H and O–H groups in total. The first-order valence-electron chi connectivity index (χ1n) is 12.7. The molecule has 0 aromatic heterocycles. The van der Waals surface area contributed by atoms with Gasteiger partial charge < -0.3 is 15.8 Å². The lowest BCUT2D eigenvalue weighted by atomic mass is 9.90. The van der Waals surface area contributed by atoms with Crippen LogP contribution in [0.15, 0.2) is 111 Å². The summed E-state index contributed by atoms with van der Waals surface area (Å²) in [6.07, 6.45) is 1.58. The van der Waals surface area contributed by atoms with Crippen LogP contribution in [-0.2, 0) is 20.2 Å². The maximum absolute atomic E-state index is 12.6. The van der Waals surface area contributed by atoms with Crippen LogP contribution >= 0.6 is 0 Å². The van der Waals surface area contributed by atoms with Gasteiger partial charge in [-0.3, -0.25) is 9.11 Å². The number of anilines is 2. The lowest BCUT2D eigenvalue weighted by Crippen LogP contribution is -2.24. The van der Waals surface area contributed by atoms with Crippen LogP contribution in [0.1, 0.15) is 16.7 Å². The zero-order chi connectivity index (χ0) is 30.9. The molecule has 0 bridgehead atoms. The average Bonchev–Trinajstić information content (AvgIpc) is 2.95. The molecule has 11 nitrogen and oxygen atoms in total. The molecule has 0 unspecified atom stereocenters. The smallest absolute Gasteiger partial charge is 0.296 e. The molecular weight excluding hydrogens is 592 g/mol. The van der Waals surface area contributed by atoms with E-state index in [1.807, 2.05) is 12.1 Å². The van der Waals surface area contributed by atoms with Crippen molar-refractivity contribution in [3.05, 3.63) is 108 Å². The minimum Gasteiger partial charge on any atom is -0.494 e. The predicted molar refractivity (Wildman–Crippen MR) is 166 cm³/mol. The van der Waals surface area contributed by atoms with E-state index in [1.54, 1.807) is 60.7 Å². The number of rotatable bonds is 7. The second-order valence-electron chi connectivity index (χ2n) is 9.44. The summed E-state index contributed by atoms with van der Waals surface area (Å²) in [7, 11) is -8.14. The van der Waals surface area contributed by atoms with Crippen LogP contribution in [0.3, 0.4) is 0 Å². The number of nitrogens with two attached hydrogens (primary N) is 1. The number of nitrogens with zero attached hydrogens (tertiary/aromatic N) is 2. The Kier molecular flexibility index (Phi) is 7.90. The third-order valence-electron chi connectivity index (χ3n) is 6.59.